The van der Waals surface area contributed by atoms with E-state index in [9.17, 15) is 9.90 Å². The summed E-state index contributed by atoms with van der Waals surface area (Å²) in [4.78, 5) is 12.6. The first kappa shape index (κ1) is 10.5. The molecule has 0 radical (unpaired) electrons. The molecule has 4 heteroatoms. The first-order valence-corrected chi connectivity index (χ1v) is 4.49. The van der Waals surface area contributed by atoms with Crippen LogP contribution in [0.1, 0.15) is 20.8 Å². The van der Waals surface area contributed by atoms with Crippen LogP contribution in [0.2, 0.25) is 0 Å². The average Bonchev–Trinajstić information content (AvgIpc) is 1.78. The predicted molar refractivity (Wildman–Crippen MR) is 48.3 cm³/mol. The SMILES string of the molecule is CC(=O)OC1CN(CC(C)(C)O)C1. The van der Waals surface area contributed by atoms with Crippen molar-refractivity contribution in [1.82, 2.24) is 4.90 Å². The van der Waals surface area contributed by atoms with Gasteiger partial charge in [-0.25, -0.2) is 0 Å². The molecule has 0 aromatic rings. The Morgan fingerprint density at radius 2 is 2.15 bits per heavy atom. The fraction of sp³-hybridized carbons (Fsp3) is 0.889. The number of aliphatic hydroxyl groups is 1. The van der Waals surface area contributed by atoms with Gasteiger partial charge in [0.1, 0.15) is 6.10 Å². The number of nitrogens with zero attached hydrogens (tertiary/aromatic N) is 1. The van der Waals surface area contributed by atoms with Gasteiger partial charge in [-0.15, -0.1) is 0 Å². The third kappa shape index (κ3) is 3.74. The number of ether oxygens (including phenoxy) is 1. The molecular formula is C9H17NO3. The van der Waals surface area contributed by atoms with E-state index in [0.29, 0.717) is 6.54 Å². The first-order valence-electron chi connectivity index (χ1n) is 4.49. The molecule has 1 fully saturated rings. The Morgan fingerprint density at radius 1 is 1.62 bits per heavy atom. The van der Waals surface area contributed by atoms with Crippen molar-refractivity contribution in [2.75, 3.05) is 19.6 Å². The summed E-state index contributed by atoms with van der Waals surface area (Å²) < 4.78 is 4.97. The zero-order chi connectivity index (χ0) is 10.1. The van der Waals surface area contributed by atoms with Crippen LogP contribution in [0, 0.1) is 0 Å². The summed E-state index contributed by atoms with van der Waals surface area (Å²) in [6, 6.07) is 0. The number of hydrogen-bond acceptors (Lipinski definition) is 4. The number of carbonyl (C=O) groups is 1. The van der Waals surface area contributed by atoms with Gasteiger partial charge in [0, 0.05) is 26.6 Å². The van der Waals surface area contributed by atoms with E-state index in [-0.39, 0.29) is 12.1 Å². The van der Waals surface area contributed by atoms with E-state index in [1.807, 2.05) is 0 Å². The number of hydrogen-bond donors (Lipinski definition) is 1. The summed E-state index contributed by atoms with van der Waals surface area (Å²) in [6.07, 6.45) is 0.0276. The largest absolute Gasteiger partial charge is 0.460 e. The van der Waals surface area contributed by atoms with E-state index in [1.165, 1.54) is 6.92 Å². The molecule has 0 bridgehead atoms. The molecular weight excluding hydrogens is 170 g/mol. The van der Waals surface area contributed by atoms with Crippen LogP contribution in [-0.4, -0.2) is 47.3 Å². The Bertz CT molecular complexity index is 192. The Kier molecular flexibility index (Phi) is 2.93. The van der Waals surface area contributed by atoms with E-state index >= 15 is 0 Å². The molecule has 4 nitrogen and oxygen atoms in total. The van der Waals surface area contributed by atoms with Crippen molar-refractivity contribution in [2.24, 2.45) is 0 Å². The van der Waals surface area contributed by atoms with Crippen LogP contribution < -0.4 is 0 Å². The van der Waals surface area contributed by atoms with Crippen LogP contribution in [0.4, 0.5) is 0 Å². The lowest BCUT2D eigenvalue weighted by molar-refractivity contribution is -0.156. The molecule has 13 heavy (non-hydrogen) atoms. The number of β-amino-alcohol motifs (C(OH)–C–C–N with tert-alkyl or cyclic N) is 1. The highest BCUT2D eigenvalue weighted by molar-refractivity contribution is 5.66. The monoisotopic (exact) mass is 187 g/mol. The fourth-order valence-electron chi connectivity index (χ4n) is 1.51. The van der Waals surface area contributed by atoms with E-state index in [2.05, 4.69) is 4.90 Å². The maximum absolute atomic E-state index is 10.5. The molecule has 0 spiro atoms. The molecule has 0 unspecified atom stereocenters. The zero-order valence-electron chi connectivity index (χ0n) is 8.41. The normalized spacial score (nSPS) is 19.7. The van der Waals surface area contributed by atoms with Crippen molar-refractivity contribution in [3.8, 4) is 0 Å². The Labute approximate surface area is 78.5 Å². The van der Waals surface area contributed by atoms with Crippen LogP contribution >= 0.6 is 0 Å². The molecule has 1 rings (SSSR count). The molecule has 0 aromatic carbocycles. The topological polar surface area (TPSA) is 49.8 Å². The number of likely N-dealkylation sites (tertiary alicyclic amines) is 1. The van der Waals surface area contributed by atoms with Crippen molar-refractivity contribution >= 4 is 5.97 Å². The van der Waals surface area contributed by atoms with Gasteiger partial charge in [-0.2, -0.15) is 0 Å². The smallest absolute Gasteiger partial charge is 0.302 e. The third-order valence-electron chi connectivity index (χ3n) is 1.87. The molecule has 1 aliphatic heterocycles. The minimum Gasteiger partial charge on any atom is -0.460 e. The lowest BCUT2D eigenvalue weighted by Gasteiger charge is -2.40. The maximum atomic E-state index is 10.5. The second-order valence-corrected chi connectivity index (χ2v) is 4.24. The Balaban J connectivity index is 2.15. The summed E-state index contributed by atoms with van der Waals surface area (Å²) in [7, 11) is 0. The minimum absolute atomic E-state index is 0.0276. The fourth-order valence-corrected chi connectivity index (χ4v) is 1.51. The van der Waals surface area contributed by atoms with Crippen LogP contribution in [0.5, 0.6) is 0 Å². The van der Waals surface area contributed by atoms with Crippen molar-refractivity contribution in [3.05, 3.63) is 0 Å². The van der Waals surface area contributed by atoms with Crippen LogP contribution in [0.15, 0.2) is 0 Å². The van der Waals surface area contributed by atoms with E-state index in [4.69, 9.17) is 4.74 Å². The van der Waals surface area contributed by atoms with Crippen molar-refractivity contribution in [2.45, 2.75) is 32.5 Å². The van der Waals surface area contributed by atoms with Crippen LogP contribution in [0.25, 0.3) is 0 Å². The van der Waals surface area contributed by atoms with Gasteiger partial charge in [0.2, 0.25) is 0 Å². The average molecular weight is 187 g/mol. The van der Waals surface area contributed by atoms with E-state index < -0.39 is 5.60 Å². The highest BCUT2D eigenvalue weighted by Gasteiger charge is 2.32. The van der Waals surface area contributed by atoms with Gasteiger partial charge >= 0.3 is 5.97 Å². The number of esters is 1. The van der Waals surface area contributed by atoms with E-state index in [0.717, 1.165) is 13.1 Å². The number of rotatable bonds is 3. The second kappa shape index (κ2) is 3.64. The molecule has 76 valence electrons. The molecule has 1 N–H and O–H groups in total. The standard InChI is InChI=1S/C9H17NO3/c1-7(11)13-8-4-10(5-8)6-9(2,3)12/h8,12H,4-6H2,1-3H3. The summed E-state index contributed by atoms with van der Waals surface area (Å²) >= 11 is 0. The molecule has 1 aliphatic rings. The van der Waals surface area contributed by atoms with Gasteiger partial charge < -0.3 is 9.84 Å². The lowest BCUT2D eigenvalue weighted by atomic mass is 10.1. The van der Waals surface area contributed by atoms with Crippen molar-refractivity contribution < 1.29 is 14.6 Å². The maximum Gasteiger partial charge on any atom is 0.302 e. The second-order valence-electron chi connectivity index (χ2n) is 4.24. The summed E-state index contributed by atoms with van der Waals surface area (Å²) in [5.74, 6) is -0.229. The van der Waals surface area contributed by atoms with Gasteiger partial charge in [-0.3, -0.25) is 9.69 Å². The molecule has 0 atom stereocenters. The molecule has 0 aromatic heterocycles. The van der Waals surface area contributed by atoms with Gasteiger partial charge in [-0.05, 0) is 13.8 Å². The molecule has 1 saturated heterocycles. The van der Waals surface area contributed by atoms with E-state index in [1.54, 1.807) is 13.8 Å². The number of carbonyl (C=O) groups excluding carboxylic acids is 1. The van der Waals surface area contributed by atoms with Gasteiger partial charge in [0.05, 0.1) is 5.60 Å². The Morgan fingerprint density at radius 3 is 2.54 bits per heavy atom. The Hall–Kier alpha value is -0.610. The van der Waals surface area contributed by atoms with Crippen molar-refractivity contribution in [1.29, 1.82) is 0 Å². The summed E-state index contributed by atoms with van der Waals surface area (Å²) in [5, 5.41) is 9.47. The van der Waals surface area contributed by atoms with Gasteiger partial charge in [0.25, 0.3) is 0 Å². The molecule has 0 aliphatic carbocycles. The summed E-state index contributed by atoms with van der Waals surface area (Å²) in [5.41, 5.74) is -0.665. The predicted octanol–water partition coefficient (Wildman–Crippen LogP) is 0.00460. The quantitative estimate of drug-likeness (QED) is 0.632. The molecule has 0 saturated carbocycles. The van der Waals surface area contributed by atoms with Gasteiger partial charge in [-0.1, -0.05) is 0 Å². The third-order valence-corrected chi connectivity index (χ3v) is 1.87. The van der Waals surface area contributed by atoms with Crippen LogP contribution in [0.3, 0.4) is 0 Å². The van der Waals surface area contributed by atoms with Crippen molar-refractivity contribution in [3.63, 3.8) is 0 Å². The van der Waals surface area contributed by atoms with Gasteiger partial charge in [0.15, 0.2) is 0 Å². The highest BCUT2D eigenvalue weighted by Crippen LogP contribution is 2.15. The first-order chi connectivity index (χ1) is 5.87. The highest BCUT2D eigenvalue weighted by atomic mass is 16.5. The molecule has 1 heterocycles. The zero-order valence-corrected chi connectivity index (χ0v) is 8.41. The van der Waals surface area contributed by atoms with Crippen LogP contribution in [-0.2, 0) is 9.53 Å². The summed E-state index contributed by atoms with van der Waals surface area (Å²) in [6.45, 7) is 7.06. The lowest BCUT2D eigenvalue weighted by Crippen LogP contribution is -2.56. The minimum atomic E-state index is -0.665. The molecule has 0 amide bonds.